The van der Waals surface area contributed by atoms with Crippen molar-refractivity contribution in [2.75, 3.05) is 0 Å². The van der Waals surface area contributed by atoms with Gasteiger partial charge in [-0.3, -0.25) is 0 Å². The summed E-state index contributed by atoms with van der Waals surface area (Å²) < 4.78 is 0. The van der Waals surface area contributed by atoms with Crippen molar-refractivity contribution < 1.29 is 0 Å². The van der Waals surface area contributed by atoms with Gasteiger partial charge in [0.15, 0.2) is 11.6 Å². The molecule has 2 aliphatic rings. The Morgan fingerprint density at radius 3 is 1.75 bits per heavy atom. The summed E-state index contributed by atoms with van der Waals surface area (Å²) in [5.41, 5.74) is 13.5. The molecule has 4 heteroatoms. The van der Waals surface area contributed by atoms with Crippen LogP contribution in [0.15, 0.2) is 158 Å². The maximum absolute atomic E-state index is 6.80. The van der Waals surface area contributed by atoms with Gasteiger partial charge < -0.3 is 0 Å². The van der Waals surface area contributed by atoms with Crippen LogP contribution in [0.1, 0.15) is 47.2 Å². The lowest BCUT2D eigenvalue weighted by Crippen LogP contribution is -2.28. The van der Waals surface area contributed by atoms with Crippen LogP contribution in [-0.2, 0) is 10.8 Å². The molecular weight excluding hydrogens is 642 g/mol. The monoisotopic (exact) mass is 673 g/mol. The second-order valence-corrected chi connectivity index (χ2v) is 14.5. The van der Waals surface area contributed by atoms with Crippen LogP contribution in [0.25, 0.3) is 55.8 Å². The van der Waals surface area contributed by atoms with Crippen LogP contribution in [0.2, 0.25) is 5.28 Å². The van der Waals surface area contributed by atoms with Gasteiger partial charge in [-0.15, -0.1) is 0 Å². The average Bonchev–Trinajstić information content (AvgIpc) is 3.60. The van der Waals surface area contributed by atoms with Gasteiger partial charge in [0, 0.05) is 16.5 Å². The summed E-state index contributed by atoms with van der Waals surface area (Å²) in [6.07, 6.45) is 0. The maximum atomic E-state index is 6.80. The zero-order valence-corrected chi connectivity index (χ0v) is 29.0. The van der Waals surface area contributed by atoms with E-state index >= 15 is 0 Å². The molecule has 0 N–H and O–H groups in total. The fraction of sp³-hybridized carbons (Fsp3) is 0.0851. The molecule has 0 unspecified atom stereocenters. The minimum absolute atomic E-state index is 0.170. The number of halogens is 1. The molecule has 0 aliphatic heterocycles. The highest BCUT2D eigenvalue weighted by atomic mass is 35.5. The van der Waals surface area contributed by atoms with Gasteiger partial charge in [-0.1, -0.05) is 153 Å². The Bertz CT molecular complexity index is 2650. The largest absolute Gasteiger partial charge is 0.226 e. The van der Waals surface area contributed by atoms with Gasteiger partial charge in [0.1, 0.15) is 0 Å². The lowest BCUT2D eigenvalue weighted by atomic mass is 9.67. The summed E-state index contributed by atoms with van der Waals surface area (Å²) in [7, 11) is 0. The molecule has 0 atom stereocenters. The third kappa shape index (κ3) is 4.28. The van der Waals surface area contributed by atoms with E-state index < -0.39 is 5.41 Å². The number of hydrogen-bond acceptors (Lipinski definition) is 3. The molecule has 1 aromatic heterocycles. The van der Waals surface area contributed by atoms with Crippen molar-refractivity contribution in [1.82, 2.24) is 15.0 Å². The number of aromatic nitrogens is 3. The number of benzene rings is 7. The average molecular weight is 674 g/mol. The zero-order valence-electron chi connectivity index (χ0n) is 28.2. The first-order valence-electron chi connectivity index (χ1n) is 17.4. The van der Waals surface area contributed by atoms with Gasteiger partial charge in [-0.05, 0) is 96.2 Å². The molecule has 3 nitrogen and oxygen atoms in total. The first-order chi connectivity index (χ1) is 24.9. The molecule has 2 aliphatic carbocycles. The van der Waals surface area contributed by atoms with Crippen molar-refractivity contribution in [3.05, 3.63) is 196 Å². The van der Waals surface area contributed by atoms with Crippen molar-refractivity contribution >= 4 is 22.4 Å². The van der Waals surface area contributed by atoms with Crippen LogP contribution in [0.4, 0.5) is 0 Å². The number of hydrogen-bond donors (Lipinski definition) is 0. The number of rotatable bonds is 4. The highest BCUT2D eigenvalue weighted by Gasteiger charge is 2.46. The smallest absolute Gasteiger partial charge is 0.208 e. The van der Waals surface area contributed by atoms with Crippen molar-refractivity contribution in [1.29, 1.82) is 0 Å². The summed E-state index contributed by atoms with van der Waals surface area (Å²) in [4.78, 5) is 14.7. The first kappa shape index (κ1) is 30.0. The predicted octanol–water partition coefficient (Wildman–Crippen LogP) is 11.7. The van der Waals surface area contributed by atoms with E-state index in [1.54, 1.807) is 0 Å². The molecule has 0 radical (unpaired) electrons. The highest BCUT2D eigenvalue weighted by molar-refractivity contribution is 6.28. The minimum Gasteiger partial charge on any atom is -0.208 e. The van der Waals surface area contributed by atoms with Gasteiger partial charge >= 0.3 is 0 Å². The summed E-state index contributed by atoms with van der Waals surface area (Å²) in [6.45, 7) is 4.60. The molecular formula is C47H32ClN3. The first-order valence-corrected chi connectivity index (χ1v) is 17.8. The standard InChI is InChI=1S/C47H32ClN3/c1-46(2)40-25-13-22-36(42(40)37-27-29-14-6-7-15-30(29)28-41(37)46)44-49-43(50-45(48)51-44)31-16-12-19-33(26-31)47(32-17-4-3-5-18-32)38-23-10-8-20-34(38)35-21-9-11-24-39(35)47/h3-28H,1-2H3. The molecule has 51 heavy (non-hydrogen) atoms. The van der Waals surface area contributed by atoms with E-state index in [-0.39, 0.29) is 10.7 Å². The highest BCUT2D eigenvalue weighted by Crippen LogP contribution is 2.56. The van der Waals surface area contributed by atoms with Crippen LogP contribution in [0.3, 0.4) is 0 Å². The van der Waals surface area contributed by atoms with Gasteiger partial charge in [0.05, 0.1) is 5.41 Å². The summed E-state index contributed by atoms with van der Waals surface area (Å²) in [5, 5.41) is 2.62. The molecule has 1 heterocycles. The molecule has 0 saturated heterocycles. The Hall–Kier alpha value is -5.90. The third-order valence-electron chi connectivity index (χ3n) is 11.1. The van der Waals surface area contributed by atoms with Crippen molar-refractivity contribution in [2.24, 2.45) is 0 Å². The normalized spacial score (nSPS) is 14.5. The van der Waals surface area contributed by atoms with Crippen molar-refractivity contribution in [2.45, 2.75) is 24.7 Å². The van der Waals surface area contributed by atoms with Gasteiger partial charge in [0.2, 0.25) is 5.28 Å². The van der Waals surface area contributed by atoms with E-state index in [4.69, 9.17) is 26.6 Å². The topological polar surface area (TPSA) is 38.7 Å². The van der Waals surface area contributed by atoms with Gasteiger partial charge in [-0.25, -0.2) is 4.98 Å². The fourth-order valence-corrected chi connectivity index (χ4v) is 9.02. The lowest BCUT2D eigenvalue weighted by Gasteiger charge is -2.34. The number of fused-ring (bicyclic) bond motifs is 7. The molecule has 0 bridgehead atoms. The molecule has 8 aromatic rings. The quantitative estimate of drug-likeness (QED) is 0.187. The van der Waals surface area contributed by atoms with Gasteiger partial charge in [-0.2, -0.15) is 9.97 Å². The van der Waals surface area contributed by atoms with E-state index in [1.165, 1.54) is 55.3 Å². The molecule has 10 rings (SSSR count). The van der Waals surface area contributed by atoms with E-state index in [9.17, 15) is 0 Å². The molecule has 7 aromatic carbocycles. The van der Waals surface area contributed by atoms with E-state index in [0.717, 1.165) is 22.3 Å². The summed E-state index contributed by atoms with van der Waals surface area (Å²) in [5.74, 6) is 1.11. The van der Waals surface area contributed by atoms with Crippen LogP contribution >= 0.6 is 11.6 Å². The molecule has 0 fully saturated rings. The van der Waals surface area contributed by atoms with Crippen molar-refractivity contribution in [3.63, 3.8) is 0 Å². The van der Waals surface area contributed by atoms with E-state index in [1.807, 2.05) is 0 Å². The maximum Gasteiger partial charge on any atom is 0.226 e. The summed E-state index contributed by atoms with van der Waals surface area (Å²) >= 11 is 6.80. The molecule has 242 valence electrons. The second-order valence-electron chi connectivity index (χ2n) is 14.1. The second kappa shape index (κ2) is 11.1. The lowest BCUT2D eigenvalue weighted by molar-refractivity contribution is 0.661. The third-order valence-corrected chi connectivity index (χ3v) is 11.3. The Labute approximate surface area is 302 Å². The minimum atomic E-state index is -0.525. The van der Waals surface area contributed by atoms with E-state index in [2.05, 4.69) is 172 Å². The van der Waals surface area contributed by atoms with E-state index in [0.29, 0.717) is 11.6 Å². The zero-order chi connectivity index (χ0) is 34.3. The SMILES string of the molecule is CC1(C)c2cc3ccccc3cc2-c2c(-c3nc(Cl)nc(-c4cccc(C5(c6ccccc6)c6ccccc6-c6ccccc65)c4)n3)cccc21. The van der Waals surface area contributed by atoms with Crippen LogP contribution < -0.4 is 0 Å². The number of nitrogens with zero attached hydrogens (tertiary/aromatic N) is 3. The Morgan fingerprint density at radius 1 is 0.431 bits per heavy atom. The van der Waals surface area contributed by atoms with Gasteiger partial charge in [0.25, 0.3) is 0 Å². The van der Waals surface area contributed by atoms with Crippen molar-refractivity contribution in [3.8, 4) is 45.0 Å². The Kier molecular flexibility index (Phi) is 6.49. The fourth-order valence-electron chi connectivity index (χ4n) is 8.86. The Balaban J connectivity index is 1.17. The Morgan fingerprint density at radius 2 is 1.00 bits per heavy atom. The van der Waals surface area contributed by atoms with Crippen LogP contribution in [-0.4, -0.2) is 15.0 Å². The predicted molar refractivity (Wildman–Crippen MR) is 208 cm³/mol. The summed E-state index contributed by atoms with van der Waals surface area (Å²) in [6, 6.07) is 56.7. The molecule has 0 saturated carbocycles. The molecule has 0 amide bonds. The molecule has 0 spiro atoms. The van der Waals surface area contributed by atoms with Crippen LogP contribution in [0, 0.1) is 0 Å². The van der Waals surface area contributed by atoms with Crippen LogP contribution in [0.5, 0.6) is 0 Å².